The molecule has 0 aliphatic rings. The van der Waals surface area contributed by atoms with Gasteiger partial charge in [-0.3, -0.25) is 4.79 Å². The van der Waals surface area contributed by atoms with Crippen molar-refractivity contribution in [3.63, 3.8) is 0 Å². The largest absolute Gasteiger partial charge is 0.497 e. The molecular formula is C14H18ClN3O2. The molecule has 0 saturated carbocycles. The van der Waals surface area contributed by atoms with Crippen molar-refractivity contribution < 1.29 is 9.53 Å². The highest BCUT2D eigenvalue weighted by Gasteiger charge is 2.20. The number of aromatic nitrogens is 2. The quantitative estimate of drug-likeness (QED) is 0.860. The first-order valence-corrected chi connectivity index (χ1v) is 6.98. The lowest BCUT2D eigenvalue weighted by Crippen LogP contribution is -2.28. The van der Waals surface area contributed by atoms with E-state index in [4.69, 9.17) is 16.3 Å². The van der Waals surface area contributed by atoms with E-state index in [-0.39, 0.29) is 11.9 Å². The zero-order valence-corrected chi connectivity index (χ0v) is 12.6. The van der Waals surface area contributed by atoms with Crippen molar-refractivity contribution in [3.8, 4) is 5.75 Å². The number of hydrogen-bond donors (Lipinski definition) is 1. The molecule has 0 saturated heterocycles. The standard InChI is InChI=1S/C14H18ClN3O2/c1-9(14(19)16-2)18-12-8-10(20-3)4-5-11(12)17-13(18)6-7-15/h4-5,8-9H,6-7H2,1-3H3,(H,16,19). The van der Waals surface area contributed by atoms with Crippen molar-refractivity contribution in [1.82, 2.24) is 14.9 Å². The van der Waals surface area contributed by atoms with Crippen LogP contribution in [0.25, 0.3) is 11.0 Å². The number of nitrogens with one attached hydrogen (secondary N) is 1. The van der Waals surface area contributed by atoms with Crippen molar-refractivity contribution in [3.05, 3.63) is 24.0 Å². The number of alkyl halides is 1. The van der Waals surface area contributed by atoms with Gasteiger partial charge in [-0.25, -0.2) is 4.98 Å². The van der Waals surface area contributed by atoms with Gasteiger partial charge in [0, 0.05) is 25.4 Å². The maximum Gasteiger partial charge on any atom is 0.242 e. The van der Waals surface area contributed by atoms with Crippen molar-refractivity contribution in [2.24, 2.45) is 0 Å². The third kappa shape index (κ3) is 2.58. The molecule has 0 radical (unpaired) electrons. The number of rotatable bonds is 5. The van der Waals surface area contributed by atoms with Crippen LogP contribution in [0.3, 0.4) is 0 Å². The van der Waals surface area contributed by atoms with E-state index in [1.807, 2.05) is 29.7 Å². The van der Waals surface area contributed by atoms with Gasteiger partial charge >= 0.3 is 0 Å². The highest BCUT2D eigenvalue weighted by atomic mass is 35.5. The minimum absolute atomic E-state index is 0.0667. The molecule has 108 valence electrons. The first-order valence-electron chi connectivity index (χ1n) is 6.44. The average Bonchev–Trinajstić information content (AvgIpc) is 2.82. The van der Waals surface area contributed by atoms with Crippen LogP contribution < -0.4 is 10.1 Å². The summed E-state index contributed by atoms with van der Waals surface area (Å²) in [5.41, 5.74) is 1.71. The summed E-state index contributed by atoms with van der Waals surface area (Å²) >= 11 is 5.83. The zero-order valence-electron chi connectivity index (χ0n) is 11.8. The molecule has 1 atom stereocenters. The van der Waals surface area contributed by atoms with E-state index < -0.39 is 0 Å². The molecule has 0 fully saturated rings. The molecule has 1 amide bonds. The Kier molecular flexibility index (Phi) is 4.49. The number of carbonyl (C=O) groups is 1. The third-order valence-electron chi connectivity index (χ3n) is 3.30. The molecule has 2 aromatic rings. The number of ether oxygens (including phenoxy) is 1. The van der Waals surface area contributed by atoms with Gasteiger partial charge in [0.25, 0.3) is 0 Å². The molecule has 1 N–H and O–H groups in total. The van der Waals surface area contributed by atoms with E-state index >= 15 is 0 Å². The minimum Gasteiger partial charge on any atom is -0.497 e. The molecule has 0 aliphatic carbocycles. The predicted molar refractivity (Wildman–Crippen MR) is 79.5 cm³/mol. The van der Waals surface area contributed by atoms with Crippen molar-refractivity contribution in [2.45, 2.75) is 19.4 Å². The van der Waals surface area contributed by atoms with Crippen LogP contribution in [-0.4, -0.2) is 35.5 Å². The van der Waals surface area contributed by atoms with E-state index in [1.165, 1.54) is 0 Å². The molecule has 5 nitrogen and oxygen atoms in total. The fraction of sp³-hybridized carbons (Fsp3) is 0.429. The van der Waals surface area contributed by atoms with Crippen LogP contribution in [-0.2, 0) is 11.2 Å². The molecule has 0 aliphatic heterocycles. The van der Waals surface area contributed by atoms with E-state index in [9.17, 15) is 4.79 Å². The normalized spacial score (nSPS) is 12.4. The summed E-state index contributed by atoms with van der Waals surface area (Å²) in [4.78, 5) is 16.5. The first-order chi connectivity index (χ1) is 9.62. The molecule has 6 heteroatoms. The summed E-state index contributed by atoms with van der Waals surface area (Å²) in [7, 11) is 3.24. The number of carbonyl (C=O) groups excluding carboxylic acids is 1. The average molecular weight is 296 g/mol. The van der Waals surface area contributed by atoms with Gasteiger partial charge in [0.05, 0.1) is 18.1 Å². The number of fused-ring (bicyclic) bond motifs is 1. The Morgan fingerprint density at radius 1 is 1.55 bits per heavy atom. The van der Waals surface area contributed by atoms with Gasteiger partial charge in [-0.15, -0.1) is 11.6 Å². The van der Waals surface area contributed by atoms with Crippen molar-refractivity contribution >= 4 is 28.5 Å². The Labute approximate surface area is 122 Å². The van der Waals surface area contributed by atoms with Crippen molar-refractivity contribution in [1.29, 1.82) is 0 Å². The number of aryl methyl sites for hydroxylation is 1. The number of halogens is 1. The van der Waals surface area contributed by atoms with Gasteiger partial charge in [0.1, 0.15) is 17.6 Å². The van der Waals surface area contributed by atoms with Gasteiger partial charge in [0.15, 0.2) is 0 Å². The topological polar surface area (TPSA) is 56.2 Å². The molecule has 1 aromatic carbocycles. The summed E-state index contributed by atoms with van der Waals surface area (Å²) in [5.74, 6) is 1.93. The van der Waals surface area contributed by atoms with Crippen LogP contribution in [0.4, 0.5) is 0 Å². The third-order valence-corrected chi connectivity index (χ3v) is 3.49. The Bertz CT molecular complexity index is 624. The van der Waals surface area contributed by atoms with Crippen LogP contribution in [0, 0.1) is 0 Å². The summed E-state index contributed by atoms with van der Waals surface area (Å²) in [6, 6.07) is 5.28. The summed E-state index contributed by atoms with van der Waals surface area (Å²) in [6.07, 6.45) is 0.611. The highest BCUT2D eigenvalue weighted by Crippen LogP contribution is 2.25. The molecule has 0 bridgehead atoms. The lowest BCUT2D eigenvalue weighted by molar-refractivity contribution is -0.123. The Morgan fingerprint density at radius 3 is 2.90 bits per heavy atom. The van der Waals surface area contributed by atoms with Gasteiger partial charge in [-0.1, -0.05) is 0 Å². The molecule has 2 rings (SSSR count). The molecule has 1 unspecified atom stereocenters. The molecule has 20 heavy (non-hydrogen) atoms. The lowest BCUT2D eigenvalue weighted by Gasteiger charge is -2.16. The van der Waals surface area contributed by atoms with E-state index in [0.717, 1.165) is 22.6 Å². The van der Waals surface area contributed by atoms with E-state index in [0.29, 0.717) is 12.3 Å². The SMILES string of the molecule is CNC(=O)C(C)n1c(CCCl)nc2ccc(OC)cc21. The second-order valence-corrected chi connectivity index (χ2v) is 4.86. The van der Waals surface area contributed by atoms with Gasteiger partial charge in [-0.05, 0) is 19.1 Å². The van der Waals surface area contributed by atoms with Crippen molar-refractivity contribution in [2.75, 3.05) is 20.0 Å². The maximum atomic E-state index is 11.9. The number of hydrogen-bond acceptors (Lipinski definition) is 3. The summed E-state index contributed by atoms with van der Waals surface area (Å²) in [6.45, 7) is 1.84. The Morgan fingerprint density at radius 2 is 2.30 bits per heavy atom. The second kappa shape index (κ2) is 6.13. The zero-order chi connectivity index (χ0) is 14.7. The first kappa shape index (κ1) is 14.7. The summed E-state index contributed by atoms with van der Waals surface area (Å²) in [5, 5.41) is 2.66. The van der Waals surface area contributed by atoms with Crippen LogP contribution in [0.15, 0.2) is 18.2 Å². The summed E-state index contributed by atoms with van der Waals surface area (Å²) < 4.78 is 7.16. The van der Waals surface area contributed by atoms with Crippen LogP contribution in [0.2, 0.25) is 0 Å². The smallest absolute Gasteiger partial charge is 0.242 e. The minimum atomic E-state index is -0.352. The van der Waals surface area contributed by atoms with Crippen LogP contribution in [0.5, 0.6) is 5.75 Å². The van der Waals surface area contributed by atoms with E-state index in [2.05, 4.69) is 10.3 Å². The fourth-order valence-electron chi connectivity index (χ4n) is 2.27. The number of amides is 1. The molecule has 1 aromatic heterocycles. The van der Waals surface area contributed by atoms with Crippen LogP contribution >= 0.6 is 11.6 Å². The Hall–Kier alpha value is -1.75. The number of nitrogens with zero attached hydrogens (tertiary/aromatic N) is 2. The van der Waals surface area contributed by atoms with E-state index in [1.54, 1.807) is 14.2 Å². The highest BCUT2D eigenvalue weighted by molar-refractivity contribution is 6.17. The molecule has 0 spiro atoms. The monoisotopic (exact) mass is 295 g/mol. The fourth-order valence-corrected chi connectivity index (χ4v) is 2.44. The number of benzene rings is 1. The van der Waals surface area contributed by atoms with Gasteiger partial charge < -0.3 is 14.6 Å². The van der Waals surface area contributed by atoms with Crippen LogP contribution in [0.1, 0.15) is 18.8 Å². The Balaban J connectivity index is 2.62. The molecular weight excluding hydrogens is 278 g/mol. The lowest BCUT2D eigenvalue weighted by atomic mass is 10.2. The maximum absolute atomic E-state index is 11.9. The number of methoxy groups -OCH3 is 1. The number of imidazole rings is 1. The predicted octanol–water partition coefficient (Wildman–Crippen LogP) is 2.13. The van der Waals surface area contributed by atoms with Gasteiger partial charge in [-0.2, -0.15) is 0 Å². The van der Waals surface area contributed by atoms with Gasteiger partial charge in [0.2, 0.25) is 5.91 Å². The molecule has 1 heterocycles. The number of likely N-dealkylation sites (N-methyl/N-ethyl adjacent to an activating group) is 1. The second-order valence-electron chi connectivity index (χ2n) is 4.48.